The maximum atomic E-state index is 8.63. The van der Waals surface area contributed by atoms with Crippen LogP contribution in [0.3, 0.4) is 0 Å². The molecule has 2 aromatic carbocycles. The Morgan fingerprint density at radius 2 is 1.86 bits per heavy atom. The standard InChI is InChI=1S/C26H36N2/c1-7-8-20-9-11-22-16-24(18(2)13-23(22)15-20)25(28)12-10-21(14-19(3)27)17-26(4,5)6/h7-13,15-16,19,21,28H,14,17,27H2,1-6H3/b8-7-,12-10-,28-25?. The first-order valence-electron chi connectivity index (χ1n) is 10.3. The molecule has 0 aliphatic rings. The predicted octanol–water partition coefficient (Wildman–Crippen LogP) is 6.90. The number of hydrogen-bond acceptors (Lipinski definition) is 2. The highest BCUT2D eigenvalue weighted by atomic mass is 14.6. The molecule has 2 rings (SSSR count). The first-order valence-corrected chi connectivity index (χ1v) is 10.3. The van der Waals surface area contributed by atoms with E-state index in [0.717, 1.165) is 24.0 Å². The van der Waals surface area contributed by atoms with Crippen LogP contribution in [0, 0.1) is 23.7 Å². The second-order valence-corrected chi connectivity index (χ2v) is 9.28. The Kier molecular flexibility index (Phi) is 7.37. The minimum absolute atomic E-state index is 0.167. The van der Waals surface area contributed by atoms with Crippen molar-refractivity contribution in [1.82, 2.24) is 0 Å². The minimum atomic E-state index is 0.167. The van der Waals surface area contributed by atoms with E-state index in [1.807, 2.05) is 13.0 Å². The molecule has 2 unspecified atom stereocenters. The summed E-state index contributed by atoms with van der Waals surface area (Å²) in [6, 6.07) is 11.0. The van der Waals surface area contributed by atoms with Gasteiger partial charge in [-0.05, 0) is 85.1 Å². The van der Waals surface area contributed by atoms with Gasteiger partial charge in [0.15, 0.2) is 0 Å². The van der Waals surface area contributed by atoms with Crippen LogP contribution < -0.4 is 5.73 Å². The molecule has 0 amide bonds. The van der Waals surface area contributed by atoms with Gasteiger partial charge >= 0.3 is 0 Å². The molecule has 0 radical (unpaired) electrons. The zero-order valence-corrected chi connectivity index (χ0v) is 18.3. The van der Waals surface area contributed by atoms with Crippen LogP contribution in [0.2, 0.25) is 0 Å². The average molecular weight is 377 g/mol. The van der Waals surface area contributed by atoms with Crippen molar-refractivity contribution in [3.8, 4) is 0 Å². The second kappa shape index (κ2) is 9.34. The number of nitrogens with two attached hydrogens (primary N) is 1. The fourth-order valence-corrected chi connectivity index (χ4v) is 3.83. The molecule has 0 aliphatic carbocycles. The molecule has 0 spiro atoms. The first kappa shape index (κ1) is 22.1. The maximum Gasteiger partial charge on any atom is 0.0612 e. The number of allylic oxidation sites excluding steroid dienone is 3. The van der Waals surface area contributed by atoms with Gasteiger partial charge in [-0.25, -0.2) is 0 Å². The summed E-state index contributed by atoms with van der Waals surface area (Å²) < 4.78 is 0. The van der Waals surface area contributed by atoms with Crippen molar-refractivity contribution >= 4 is 22.6 Å². The molecular formula is C26H36N2. The number of nitrogens with one attached hydrogen (secondary N) is 1. The number of benzene rings is 2. The van der Waals surface area contributed by atoms with Gasteiger partial charge in [-0.3, -0.25) is 0 Å². The fraction of sp³-hybridized carbons (Fsp3) is 0.423. The average Bonchev–Trinajstić information content (AvgIpc) is 2.57. The molecule has 2 heteroatoms. The number of fused-ring (bicyclic) bond motifs is 1. The van der Waals surface area contributed by atoms with Gasteiger partial charge in [0.1, 0.15) is 0 Å². The van der Waals surface area contributed by atoms with Crippen LogP contribution in [0.5, 0.6) is 0 Å². The quantitative estimate of drug-likeness (QED) is 0.508. The molecule has 0 aliphatic heterocycles. The van der Waals surface area contributed by atoms with E-state index in [4.69, 9.17) is 11.1 Å². The van der Waals surface area contributed by atoms with Crippen LogP contribution in [-0.2, 0) is 0 Å². The SMILES string of the molecule is C/C=C\c1ccc2cc(C(=N)/C=C\C(CC(C)N)CC(C)(C)C)c(C)cc2c1. The molecule has 28 heavy (non-hydrogen) atoms. The third-order valence-electron chi connectivity index (χ3n) is 4.94. The highest BCUT2D eigenvalue weighted by Gasteiger charge is 2.18. The highest BCUT2D eigenvalue weighted by Crippen LogP contribution is 2.28. The highest BCUT2D eigenvalue weighted by molar-refractivity contribution is 6.09. The molecule has 150 valence electrons. The summed E-state index contributed by atoms with van der Waals surface area (Å²) in [6.07, 6.45) is 10.4. The number of rotatable bonds is 7. The van der Waals surface area contributed by atoms with E-state index < -0.39 is 0 Å². The van der Waals surface area contributed by atoms with Crippen molar-refractivity contribution in [2.75, 3.05) is 0 Å². The predicted molar refractivity (Wildman–Crippen MR) is 125 cm³/mol. The Morgan fingerprint density at radius 1 is 1.14 bits per heavy atom. The van der Waals surface area contributed by atoms with Crippen LogP contribution >= 0.6 is 0 Å². The summed E-state index contributed by atoms with van der Waals surface area (Å²) in [6.45, 7) is 13.0. The van der Waals surface area contributed by atoms with E-state index in [1.54, 1.807) is 0 Å². The van der Waals surface area contributed by atoms with E-state index in [9.17, 15) is 0 Å². The molecule has 0 saturated carbocycles. The lowest BCUT2D eigenvalue weighted by molar-refractivity contribution is 0.308. The van der Waals surface area contributed by atoms with Crippen molar-refractivity contribution < 1.29 is 0 Å². The van der Waals surface area contributed by atoms with Gasteiger partial charge in [-0.1, -0.05) is 57.2 Å². The van der Waals surface area contributed by atoms with Crippen molar-refractivity contribution in [2.24, 2.45) is 17.1 Å². The lowest BCUT2D eigenvalue weighted by atomic mass is 9.81. The monoisotopic (exact) mass is 376 g/mol. The smallest absolute Gasteiger partial charge is 0.0612 e. The Balaban J connectivity index is 2.28. The summed E-state index contributed by atoms with van der Waals surface area (Å²) in [5, 5.41) is 11.0. The Bertz CT molecular complexity index is 879. The van der Waals surface area contributed by atoms with E-state index in [-0.39, 0.29) is 11.5 Å². The number of aryl methyl sites for hydroxylation is 1. The molecule has 0 bridgehead atoms. The first-order chi connectivity index (χ1) is 13.1. The molecule has 0 heterocycles. The molecule has 0 fully saturated rings. The lowest BCUT2D eigenvalue weighted by Gasteiger charge is -2.25. The molecule has 2 aromatic rings. The van der Waals surface area contributed by atoms with E-state index >= 15 is 0 Å². The Labute approximate surface area is 171 Å². The third kappa shape index (κ3) is 6.45. The van der Waals surface area contributed by atoms with Crippen LogP contribution in [-0.4, -0.2) is 11.8 Å². The lowest BCUT2D eigenvalue weighted by Crippen LogP contribution is -2.22. The summed E-state index contributed by atoms with van der Waals surface area (Å²) >= 11 is 0. The molecule has 0 saturated heterocycles. The van der Waals surface area contributed by atoms with Crippen LogP contribution in [0.4, 0.5) is 0 Å². The maximum absolute atomic E-state index is 8.63. The van der Waals surface area contributed by atoms with Gasteiger partial charge < -0.3 is 11.1 Å². The van der Waals surface area contributed by atoms with Crippen LogP contribution in [0.25, 0.3) is 16.8 Å². The normalized spacial score (nSPS) is 14.8. The van der Waals surface area contributed by atoms with Gasteiger partial charge in [0.2, 0.25) is 0 Å². The zero-order valence-electron chi connectivity index (χ0n) is 18.3. The van der Waals surface area contributed by atoms with Crippen molar-refractivity contribution in [1.29, 1.82) is 5.41 Å². The minimum Gasteiger partial charge on any atom is -0.328 e. The van der Waals surface area contributed by atoms with Gasteiger partial charge in [-0.15, -0.1) is 0 Å². The van der Waals surface area contributed by atoms with Crippen molar-refractivity contribution in [3.05, 3.63) is 65.3 Å². The summed E-state index contributed by atoms with van der Waals surface area (Å²) in [5.74, 6) is 0.393. The third-order valence-corrected chi connectivity index (χ3v) is 4.94. The van der Waals surface area contributed by atoms with Crippen molar-refractivity contribution in [3.63, 3.8) is 0 Å². The van der Waals surface area contributed by atoms with E-state index in [1.165, 1.54) is 16.3 Å². The Morgan fingerprint density at radius 3 is 2.46 bits per heavy atom. The largest absolute Gasteiger partial charge is 0.328 e. The molecule has 2 nitrogen and oxygen atoms in total. The van der Waals surface area contributed by atoms with Gasteiger partial charge in [-0.2, -0.15) is 0 Å². The molecule has 2 atom stereocenters. The molecule has 3 N–H and O–H groups in total. The fourth-order valence-electron chi connectivity index (χ4n) is 3.83. The van der Waals surface area contributed by atoms with E-state index in [0.29, 0.717) is 11.6 Å². The summed E-state index contributed by atoms with van der Waals surface area (Å²) in [7, 11) is 0. The number of hydrogen-bond donors (Lipinski definition) is 2. The van der Waals surface area contributed by atoms with Gasteiger partial charge in [0.25, 0.3) is 0 Å². The van der Waals surface area contributed by atoms with Gasteiger partial charge in [0.05, 0.1) is 5.71 Å². The zero-order chi connectivity index (χ0) is 20.9. The molecular weight excluding hydrogens is 340 g/mol. The van der Waals surface area contributed by atoms with E-state index in [2.05, 4.69) is 83.2 Å². The summed E-state index contributed by atoms with van der Waals surface area (Å²) in [4.78, 5) is 0. The second-order valence-electron chi connectivity index (χ2n) is 9.28. The topological polar surface area (TPSA) is 49.9 Å². The Hall–Kier alpha value is -2.19. The van der Waals surface area contributed by atoms with Crippen molar-refractivity contribution in [2.45, 2.75) is 60.4 Å². The summed E-state index contributed by atoms with van der Waals surface area (Å²) in [5.41, 5.74) is 10.2. The van der Waals surface area contributed by atoms with Gasteiger partial charge in [0, 0.05) is 11.6 Å². The van der Waals surface area contributed by atoms with Crippen LogP contribution in [0.1, 0.15) is 64.2 Å². The van der Waals surface area contributed by atoms with Crippen LogP contribution in [0.15, 0.2) is 48.6 Å². The molecule has 0 aromatic heterocycles.